The number of carbonyl (C=O) groups is 1. The highest BCUT2D eigenvalue weighted by Crippen LogP contribution is 2.33. The van der Waals surface area contributed by atoms with E-state index in [1.54, 1.807) is 31.2 Å². The van der Waals surface area contributed by atoms with Gasteiger partial charge in [0.15, 0.2) is 0 Å². The highest BCUT2D eigenvalue weighted by molar-refractivity contribution is 5.93. The molecule has 0 spiro atoms. The second-order valence-corrected chi connectivity index (χ2v) is 9.88. The maximum absolute atomic E-state index is 12.0. The zero-order valence-electron chi connectivity index (χ0n) is 24.5. The first kappa shape index (κ1) is 31.0. The van der Waals surface area contributed by atoms with Gasteiger partial charge in [0, 0.05) is 16.5 Å². The Hall–Kier alpha value is -4.55. The number of nitrogens with zero attached hydrogens (tertiary/aromatic N) is 2. The van der Waals surface area contributed by atoms with Gasteiger partial charge in [0.2, 0.25) is 0 Å². The average molecular weight is 551 g/mol. The lowest BCUT2D eigenvalue weighted by molar-refractivity contribution is -0.142. The van der Waals surface area contributed by atoms with Crippen molar-refractivity contribution in [3.63, 3.8) is 0 Å². The molecule has 0 saturated carbocycles. The van der Waals surface area contributed by atoms with Crippen LogP contribution in [0.15, 0.2) is 65.1 Å². The molecule has 1 aromatic heterocycles. The van der Waals surface area contributed by atoms with Crippen molar-refractivity contribution in [3.05, 3.63) is 88.7 Å². The summed E-state index contributed by atoms with van der Waals surface area (Å²) >= 11 is 0. The van der Waals surface area contributed by atoms with E-state index in [1.165, 1.54) is 32.1 Å². The highest BCUT2D eigenvalue weighted by Gasteiger charge is 2.15. The van der Waals surface area contributed by atoms with Gasteiger partial charge < -0.3 is 13.9 Å². The first-order valence-corrected chi connectivity index (χ1v) is 14.3. The fourth-order valence-electron chi connectivity index (χ4n) is 4.51. The zero-order valence-corrected chi connectivity index (χ0v) is 24.5. The first-order chi connectivity index (χ1) is 19.9. The van der Waals surface area contributed by atoms with E-state index in [0.29, 0.717) is 29.0 Å². The Labute approximate surface area is 243 Å². The monoisotopic (exact) mass is 550 g/mol. The van der Waals surface area contributed by atoms with Gasteiger partial charge in [0.05, 0.1) is 36.3 Å². The number of benzene rings is 3. The normalized spacial score (nSPS) is 10.3. The van der Waals surface area contributed by atoms with E-state index in [2.05, 4.69) is 26.0 Å². The van der Waals surface area contributed by atoms with E-state index in [1.807, 2.05) is 43.3 Å². The maximum Gasteiger partial charge on any atom is 0.310 e. The van der Waals surface area contributed by atoms with Crippen molar-refractivity contribution < 1.29 is 18.7 Å². The molecule has 0 N–H and O–H groups in total. The van der Waals surface area contributed by atoms with Crippen LogP contribution in [0.2, 0.25) is 0 Å². The number of carbonyl (C=O) groups excluding carboxylic acids is 1. The van der Waals surface area contributed by atoms with Crippen LogP contribution in [0, 0.1) is 29.6 Å². The van der Waals surface area contributed by atoms with E-state index < -0.39 is 0 Å². The van der Waals surface area contributed by atoms with Gasteiger partial charge in [0.25, 0.3) is 0 Å². The quantitative estimate of drug-likeness (QED) is 0.137. The van der Waals surface area contributed by atoms with Crippen LogP contribution in [-0.2, 0) is 22.6 Å². The molecule has 4 aromatic rings. The highest BCUT2D eigenvalue weighted by atomic mass is 16.5. The Bertz CT molecular complexity index is 1530. The molecule has 41 heavy (non-hydrogen) atoms. The van der Waals surface area contributed by atoms with Crippen LogP contribution in [-0.4, -0.2) is 12.6 Å². The summed E-state index contributed by atoms with van der Waals surface area (Å²) in [5.41, 5.74) is 5.01. The molecule has 1 heterocycles. The molecule has 6 heteroatoms. The molecule has 0 atom stereocenters. The summed E-state index contributed by atoms with van der Waals surface area (Å²) in [5.74, 6) is 0.889. The Morgan fingerprint density at radius 1 is 0.878 bits per heavy atom. The number of aryl methyl sites for hydroxylation is 1. The number of unbranched alkanes of at least 4 members (excludes halogenated alkanes) is 4. The van der Waals surface area contributed by atoms with Gasteiger partial charge in [0.1, 0.15) is 23.7 Å². The fourth-order valence-corrected chi connectivity index (χ4v) is 4.51. The van der Waals surface area contributed by atoms with Gasteiger partial charge in [-0.25, -0.2) is 0 Å². The fraction of sp³-hybridized carbons (Fsp3) is 0.343. The first-order valence-electron chi connectivity index (χ1n) is 14.3. The largest absolute Gasteiger partial charge is 0.489 e. The van der Waals surface area contributed by atoms with Crippen molar-refractivity contribution in [2.24, 2.45) is 0 Å². The molecule has 0 aliphatic rings. The molecule has 3 aromatic carbocycles. The minimum atomic E-state index is -0.355. The lowest BCUT2D eigenvalue weighted by Gasteiger charge is -2.13. The topological polar surface area (TPSA) is 96.3 Å². The van der Waals surface area contributed by atoms with Crippen LogP contribution in [0.4, 0.5) is 0 Å². The van der Waals surface area contributed by atoms with E-state index in [0.717, 1.165) is 33.4 Å². The van der Waals surface area contributed by atoms with Crippen molar-refractivity contribution in [2.45, 2.75) is 72.8 Å². The van der Waals surface area contributed by atoms with Crippen LogP contribution < -0.4 is 4.74 Å². The Morgan fingerprint density at radius 2 is 1.61 bits per heavy atom. The predicted octanol–water partition coefficient (Wildman–Crippen LogP) is 8.81. The lowest BCUT2D eigenvalue weighted by atomic mass is 9.99. The summed E-state index contributed by atoms with van der Waals surface area (Å²) in [4.78, 5) is 12.0. The van der Waals surface area contributed by atoms with Crippen molar-refractivity contribution in [1.29, 1.82) is 10.5 Å². The smallest absolute Gasteiger partial charge is 0.310 e. The standard InChI is InChI=1S/C28H22N2O4.C7H16/c1-3-32-27(31)14-23-8-7-20(16-30)13-26(23)33-17-21-11-24-9-18(2)34-28(24)25(12-21)22-6-4-5-19(10-22)15-29;1-3-5-7-6-4-2/h4-13H,3,14,17H2,1-2H3;3-7H2,1-2H3. The number of ether oxygens (including phenoxy) is 2. The molecule has 0 radical (unpaired) electrons. The van der Waals surface area contributed by atoms with Gasteiger partial charge >= 0.3 is 5.97 Å². The van der Waals surface area contributed by atoms with Crippen LogP contribution in [0.5, 0.6) is 5.75 Å². The second kappa shape index (κ2) is 15.9. The van der Waals surface area contributed by atoms with Gasteiger partial charge in [-0.2, -0.15) is 10.5 Å². The summed E-state index contributed by atoms with van der Waals surface area (Å²) in [6.07, 6.45) is 7.07. The van der Waals surface area contributed by atoms with E-state index in [9.17, 15) is 15.3 Å². The Kier molecular flexibility index (Phi) is 12.0. The lowest BCUT2D eigenvalue weighted by Crippen LogP contribution is -2.09. The Balaban J connectivity index is 0.000000587. The van der Waals surface area contributed by atoms with Crippen LogP contribution in [0.3, 0.4) is 0 Å². The van der Waals surface area contributed by atoms with Gasteiger partial charge in [-0.15, -0.1) is 0 Å². The van der Waals surface area contributed by atoms with Crippen LogP contribution in [0.1, 0.15) is 80.9 Å². The molecule has 0 amide bonds. The Morgan fingerprint density at radius 3 is 2.29 bits per heavy atom. The van der Waals surface area contributed by atoms with Crippen LogP contribution in [0.25, 0.3) is 22.1 Å². The number of hydrogen-bond acceptors (Lipinski definition) is 6. The minimum Gasteiger partial charge on any atom is -0.489 e. The second-order valence-electron chi connectivity index (χ2n) is 9.88. The third-order valence-electron chi connectivity index (χ3n) is 6.54. The number of fused-ring (bicyclic) bond motifs is 1. The molecule has 0 bridgehead atoms. The molecular weight excluding hydrogens is 512 g/mol. The third-order valence-corrected chi connectivity index (χ3v) is 6.54. The molecule has 0 aliphatic heterocycles. The van der Waals surface area contributed by atoms with E-state index in [-0.39, 0.29) is 19.0 Å². The van der Waals surface area contributed by atoms with Crippen molar-refractivity contribution >= 4 is 16.9 Å². The summed E-state index contributed by atoms with van der Waals surface area (Å²) in [6.45, 7) is 8.65. The van der Waals surface area contributed by atoms with E-state index in [4.69, 9.17) is 13.9 Å². The molecule has 6 nitrogen and oxygen atoms in total. The number of nitriles is 2. The average Bonchev–Trinajstić information content (AvgIpc) is 3.37. The number of esters is 1. The van der Waals surface area contributed by atoms with Crippen molar-refractivity contribution in [3.8, 4) is 29.0 Å². The molecule has 0 unspecified atom stereocenters. The minimum absolute atomic E-state index is 0.0566. The van der Waals surface area contributed by atoms with Gasteiger partial charge in [-0.3, -0.25) is 4.79 Å². The van der Waals surface area contributed by atoms with Crippen molar-refractivity contribution in [1.82, 2.24) is 0 Å². The summed E-state index contributed by atoms with van der Waals surface area (Å²) in [6, 6.07) is 22.6. The van der Waals surface area contributed by atoms with Gasteiger partial charge in [-0.05, 0) is 67.4 Å². The molecule has 0 saturated heterocycles. The summed E-state index contributed by atoms with van der Waals surface area (Å²) < 4.78 is 17.1. The van der Waals surface area contributed by atoms with E-state index >= 15 is 0 Å². The molecule has 4 rings (SSSR count). The number of furan rings is 1. The SMILES string of the molecule is CCCCCCC.CCOC(=O)Cc1ccc(C#N)cc1OCc1cc(-c2cccc(C#N)c2)c2oc(C)cc2c1. The predicted molar refractivity (Wildman–Crippen MR) is 161 cm³/mol. The molecule has 212 valence electrons. The molecular formula is C35H38N2O4. The van der Waals surface area contributed by atoms with Crippen molar-refractivity contribution in [2.75, 3.05) is 6.61 Å². The molecule has 0 aliphatic carbocycles. The molecule has 0 fully saturated rings. The van der Waals surface area contributed by atoms with Gasteiger partial charge in [-0.1, -0.05) is 64.2 Å². The maximum atomic E-state index is 12.0. The summed E-state index contributed by atoms with van der Waals surface area (Å²) in [7, 11) is 0. The van der Waals surface area contributed by atoms with Crippen LogP contribution >= 0.6 is 0 Å². The number of hydrogen-bond donors (Lipinski definition) is 0. The number of rotatable bonds is 11. The zero-order chi connectivity index (χ0) is 29.6. The summed E-state index contributed by atoms with van der Waals surface area (Å²) in [5, 5.41) is 19.5. The third kappa shape index (κ3) is 8.98.